The van der Waals surface area contributed by atoms with Gasteiger partial charge in [0.05, 0.1) is 18.3 Å². The van der Waals surface area contributed by atoms with E-state index >= 15 is 0 Å². The molecule has 24 heavy (non-hydrogen) atoms. The van der Waals surface area contributed by atoms with E-state index in [9.17, 15) is 4.79 Å². The van der Waals surface area contributed by atoms with Crippen molar-refractivity contribution in [2.75, 3.05) is 46.0 Å². The van der Waals surface area contributed by atoms with Crippen LogP contribution in [0.2, 0.25) is 0 Å². The van der Waals surface area contributed by atoms with Gasteiger partial charge in [0, 0.05) is 26.2 Å². The molecule has 0 aromatic heterocycles. The number of rotatable bonds is 5. The molecule has 2 heterocycles. The fourth-order valence-electron chi connectivity index (χ4n) is 3.14. The van der Waals surface area contributed by atoms with Crippen molar-refractivity contribution < 1.29 is 19.0 Å². The van der Waals surface area contributed by atoms with Gasteiger partial charge in [0.25, 0.3) is 5.91 Å². The van der Waals surface area contributed by atoms with Gasteiger partial charge in [0.2, 0.25) is 0 Å². The molecule has 0 saturated carbocycles. The van der Waals surface area contributed by atoms with E-state index in [1.165, 1.54) is 0 Å². The van der Waals surface area contributed by atoms with Crippen molar-refractivity contribution in [3.8, 4) is 11.5 Å². The van der Waals surface area contributed by atoms with Gasteiger partial charge < -0.3 is 19.5 Å². The van der Waals surface area contributed by atoms with Gasteiger partial charge in [-0.25, -0.2) is 0 Å². The van der Waals surface area contributed by atoms with E-state index in [2.05, 4.69) is 24.1 Å². The molecule has 0 radical (unpaired) electrons. The maximum absolute atomic E-state index is 12.5. The Morgan fingerprint density at radius 3 is 2.96 bits per heavy atom. The minimum Gasteiger partial charge on any atom is -0.486 e. The van der Waals surface area contributed by atoms with Gasteiger partial charge in [0.15, 0.2) is 11.5 Å². The lowest BCUT2D eigenvalue weighted by Gasteiger charge is -2.34. The number of benzene rings is 1. The fraction of sp³-hybridized carbons (Fsp3) is 0.611. The highest BCUT2D eigenvalue weighted by Gasteiger charge is 2.24. The Hall–Kier alpha value is -1.79. The highest BCUT2D eigenvalue weighted by molar-refractivity contribution is 5.97. The van der Waals surface area contributed by atoms with Crippen molar-refractivity contribution >= 4 is 5.91 Å². The van der Waals surface area contributed by atoms with Crippen LogP contribution >= 0.6 is 0 Å². The van der Waals surface area contributed by atoms with Crippen molar-refractivity contribution in [2.24, 2.45) is 5.92 Å². The highest BCUT2D eigenvalue weighted by Crippen LogP contribution is 2.33. The Kier molecular flexibility index (Phi) is 5.58. The van der Waals surface area contributed by atoms with Crippen molar-refractivity contribution in [2.45, 2.75) is 20.0 Å². The molecule has 3 rings (SSSR count). The number of ether oxygens (including phenoxy) is 3. The van der Waals surface area contributed by atoms with E-state index in [-0.39, 0.29) is 12.0 Å². The lowest BCUT2D eigenvalue weighted by molar-refractivity contribution is -0.0295. The third kappa shape index (κ3) is 4.19. The molecule has 1 saturated heterocycles. The number of carbonyl (C=O) groups is 1. The van der Waals surface area contributed by atoms with Crippen LogP contribution in [0.25, 0.3) is 0 Å². The first kappa shape index (κ1) is 17.0. The molecule has 1 fully saturated rings. The topological polar surface area (TPSA) is 60.0 Å². The van der Waals surface area contributed by atoms with Crippen LogP contribution in [0, 0.1) is 5.92 Å². The summed E-state index contributed by atoms with van der Waals surface area (Å²) in [6, 6.07) is 5.39. The summed E-state index contributed by atoms with van der Waals surface area (Å²) >= 11 is 0. The lowest BCUT2D eigenvalue weighted by atomic mass is 10.1. The lowest BCUT2D eigenvalue weighted by Crippen LogP contribution is -2.48. The van der Waals surface area contributed by atoms with Crippen LogP contribution in [0.15, 0.2) is 18.2 Å². The van der Waals surface area contributed by atoms with Crippen LogP contribution in [0.5, 0.6) is 11.5 Å². The zero-order valence-electron chi connectivity index (χ0n) is 14.4. The number of hydrogen-bond donors (Lipinski definition) is 1. The number of nitrogens with zero attached hydrogens (tertiary/aromatic N) is 1. The largest absolute Gasteiger partial charge is 0.486 e. The normalized spacial score (nSPS) is 20.9. The molecule has 0 spiro atoms. The molecule has 6 nitrogen and oxygen atoms in total. The molecule has 6 heteroatoms. The molecular weight excluding hydrogens is 308 g/mol. The number of para-hydroxylation sites is 1. The van der Waals surface area contributed by atoms with Crippen molar-refractivity contribution in [3.63, 3.8) is 0 Å². The smallest absolute Gasteiger partial charge is 0.255 e. The number of carbonyl (C=O) groups excluding carboxylic acids is 1. The summed E-state index contributed by atoms with van der Waals surface area (Å²) in [5.74, 6) is 1.64. The summed E-state index contributed by atoms with van der Waals surface area (Å²) in [7, 11) is 0. The molecule has 0 unspecified atom stereocenters. The minimum atomic E-state index is -0.151. The summed E-state index contributed by atoms with van der Waals surface area (Å²) in [6.07, 6.45) is 0.0261. The third-order valence-corrected chi connectivity index (χ3v) is 4.15. The Bertz CT molecular complexity index is 576. The molecule has 132 valence electrons. The second kappa shape index (κ2) is 7.85. The van der Waals surface area contributed by atoms with Crippen LogP contribution in [-0.4, -0.2) is 62.9 Å². The average molecular weight is 334 g/mol. The van der Waals surface area contributed by atoms with Gasteiger partial charge in [-0.05, 0) is 18.1 Å². The van der Waals surface area contributed by atoms with Crippen molar-refractivity contribution in [1.82, 2.24) is 10.2 Å². The van der Waals surface area contributed by atoms with E-state index < -0.39 is 0 Å². The molecule has 1 N–H and O–H groups in total. The number of amides is 1. The third-order valence-electron chi connectivity index (χ3n) is 4.15. The van der Waals surface area contributed by atoms with Crippen LogP contribution in [0.4, 0.5) is 0 Å². The quantitative estimate of drug-likeness (QED) is 0.885. The Morgan fingerprint density at radius 2 is 2.12 bits per heavy atom. The molecule has 0 aliphatic carbocycles. The first-order chi connectivity index (χ1) is 11.6. The maximum Gasteiger partial charge on any atom is 0.255 e. The van der Waals surface area contributed by atoms with Crippen LogP contribution in [0.3, 0.4) is 0 Å². The van der Waals surface area contributed by atoms with Gasteiger partial charge in [-0.1, -0.05) is 19.9 Å². The SMILES string of the molecule is CC(C)CN1CCO[C@H](CNC(=O)c2cccc3c2OCCO3)C1. The molecule has 0 bridgehead atoms. The standard InChI is InChI=1S/C18H26N2O4/c1-13(2)11-20-6-7-22-14(12-20)10-19-18(21)15-4-3-5-16-17(15)24-9-8-23-16/h3-5,13-14H,6-12H2,1-2H3,(H,19,21)/t14-/m1/s1. The summed E-state index contributed by atoms with van der Waals surface area (Å²) in [5.41, 5.74) is 0.516. The first-order valence-corrected chi connectivity index (χ1v) is 8.64. The average Bonchev–Trinajstić information content (AvgIpc) is 2.59. The van der Waals surface area contributed by atoms with Crippen molar-refractivity contribution in [3.05, 3.63) is 23.8 Å². The summed E-state index contributed by atoms with van der Waals surface area (Å²) in [5, 5.41) is 2.97. The molecule has 1 aromatic rings. The van der Waals surface area contributed by atoms with Gasteiger partial charge >= 0.3 is 0 Å². The first-order valence-electron chi connectivity index (χ1n) is 8.64. The molecular formula is C18H26N2O4. The summed E-state index contributed by atoms with van der Waals surface area (Å²) in [4.78, 5) is 14.9. The minimum absolute atomic E-state index is 0.0261. The monoisotopic (exact) mass is 334 g/mol. The Morgan fingerprint density at radius 1 is 1.29 bits per heavy atom. The second-order valence-corrected chi connectivity index (χ2v) is 6.69. The predicted molar refractivity (Wildman–Crippen MR) is 90.8 cm³/mol. The zero-order valence-corrected chi connectivity index (χ0v) is 14.4. The molecule has 1 atom stereocenters. The van der Waals surface area contributed by atoms with Crippen LogP contribution in [0.1, 0.15) is 24.2 Å². The van der Waals surface area contributed by atoms with E-state index in [4.69, 9.17) is 14.2 Å². The Balaban J connectivity index is 1.56. The molecule has 2 aliphatic heterocycles. The van der Waals surface area contributed by atoms with Gasteiger partial charge in [-0.15, -0.1) is 0 Å². The fourth-order valence-corrected chi connectivity index (χ4v) is 3.14. The van der Waals surface area contributed by atoms with E-state index in [1.807, 2.05) is 12.1 Å². The number of hydrogen-bond acceptors (Lipinski definition) is 5. The zero-order chi connectivity index (χ0) is 16.9. The molecule has 2 aliphatic rings. The van der Waals surface area contributed by atoms with Gasteiger partial charge in [0.1, 0.15) is 13.2 Å². The number of fused-ring (bicyclic) bond motifs is 1. The summed E-state index contributed by atoms with van der Waals surface area (Å²) < 4.78 is 16.9. The van der Waals surface area contributed by atoms with Gasteiger partial charge in [-0.2, -0.15) is 0 Å². The predicted octanol–water partition coefficient (Wildman–Crippen LogP) is 1.54. The van der Waals surface area contributed by atoms with E-state index in [0.717, 1.165) is 19.6 Å². The molecule has 1 amide bonds. The highest BCUT2D eigenvalue weighted by atomic mass is 16.6. The maximum atomic E-state index is 12.5. The number of morpholine rings is 1. The van der Waals surface area contributed by atoms with Crippen molar-refractivity contribution in [1.29, 1.82) is 0 Å². The van der Waals surface area contributed by atoms with Gasteiger partial charge in [-0.3, -0.25) is 9.69 Å². The Labute approximate surface area is 143 Å². The molecule has 1 aromatic carbocycles. The second-order valence-electron chi connectivity index (χ2n) is 6.69. The number of nitrogens with one attached hydrogen (secondary N) is 1. The van der Waals surface area contributed by atoms with E-state index in [0.29, 0.717) is 49.3 Å². The summed E-state index contributed by atoms with van der Waals surface area (Å²) in [6.45, 7) is 9.49. The van der Waals surface area contributed by atoms with E-state index in [1.54, 1.807) is 6.07 Å². The van der Waals surface area contributed by atoms with Crippen LogP contribution < -0.4 is 14.8 Å². The van der Waals surface area contributed by atoms with Crippen LogP contribution in [-0.2, 0) is 4.74 Å².